The molecule has 1 amide bonds. The zero-order valence-electron chi connectivity index (χ0n) is 14.9. The van der Waals surface area contributed by atoms with E-state index < -0.39 is 0 Å². The SMILES string of the molecule is COc1ccc(-c2nnc3n2CCN(C(=O)Cc2cccc(Cl)c2)C3)cc1. The molecule has 2 heterocycles. The van der Waals surface area contributed by atoms with E-state index in [0.29, 0.717) is 31.1 Å². The molecule has 0 bridgehead atoms. The van der Waals surface area contributed by atoms with Gasteiger partial charge in [0.1, 0.15) is 5.75 Å². The van der Waals surface area contributed by atoms with Gasteiger partial charge in [-0.2, -0.15) is 0 Å². The van der Waals surface area contributed by atoms with E-state index in [4.69, 9.17) is 16.3 Å². The first-order valence-electron chi connectivity index (χ1n) is 8.73. The number of methoxy groups -OCH3 is 1. The molecule has 0 atom stereocenters. The monoisotopic (exact) mass is 382 g/mol. The number of carbonyl (C=O) groups excluding carboxylic acids is 1. The molecular weight excluding hydrogens is 364 g/mol. The van der Waals surface area contributed by atoms with Crippen molar-refractivity contribution in [3.05, 3.63) is 64.9 Å². The van der Waals surface area contributed by atoms with Gasteiger partial charge in [-0.25, -0.2) is 0 Å². The molecule has 2 aromatic carbocycles. The third-order valence-electron chi connectivity index (χ3n) is 4.70. The largest absolute Gasteiger partial charge is 0.497 e. The maximum absolute atomic E-state index is 12.6. The number of amides is 1. The van der Waals surface area contributed by atoms with Crippen molar-refractivity contribution in [1.82, 2.24) is 19.7 Å². The van der Waals surface area contributed by atoms with Crippen LogP contribution in [0.4, 0.5) is 0 Å². The van der Waals surface area contributed by atoms with Gasteiger partial charge in [-0.3, -0.25) is 4.79 Å². The summed E-state index contributed by atoms with van der Waals surface area (Å²) in [5, 5.41) is 9.27. The van der Waals surface area contributed by atoms with E-state index in [1.165, 1.54) is 0 Å². The number of fused-ring (bicyclic) bond motifs is 1. The number of carbonyl (C=O) groups is 1. The summed E-state index contributed by atoms with van der Waals surface area (Å²) in [7, 11) is 1.64. The fraction of sp³-hybridized carbons (Fsp3) is 0.250. The predicted octanol–water partition coefficient (Wildman–Crippen LogP) is 3.19. The zero-order valence-corrected chi connectivity index (χ0v) is 15.7. The van der Waals surface area contributed by atoms with Gasteiger partial charge in [-0.1, -0.05) is 23.7 Å². The van der Waals surface area contributed by atoms with Gasteiger partial charge in [0.2, 0.25) is 5.91 Å². The Morgan fingerprint density at radius 2 is 1.96 bits per heavy atom. The van der Waals surface area contributed by atoms with Crippen molar-refractivity contribution in [3.8, 4) is 17.1 Å². The summed E-state index contributed by atoms with van der Waals surface area (Å²) in [5.41, 5.74) is 1.90. The van der Waals surface area contributed by atoms with Crippen molar-refractivity contribution in [2.45, 2.75) is 19.5 Å². The van der Waals surface area contributed by atoms with E-state index in [9.17, 15) is 4.79 Å². The lowest BCUT2D eigenvalue weighted by atomic mass is 10.1. The molecule has 4 rings (SSSR count). The molecule has 0 unspecified atom stereocenters. The highest BCUT2D eigenvalue weighted by Crippen LogP contribution is 2.24. The molecule has 138 valence electrons. The van der Waals surface area contributed by atoms with Crippen LogP contribution in [0.25, 0.3) is 11.4 Å². The Hall–Kier alpha value is -2.86. The summed E-state index contributed by atoms with van der Waals surface area (Å²) >= 11 is 6.01. The fourth-order valence-electron chi connectivity index (χ4n) is 3.26. The summed E-state index contributed by atoms with van der Waals surface area (Å²) < 4.78 is 7.27. The van der Waals surface area contributed by atoms with Crippen molar-refractivity contribution in [3.63, 3.8) is 0 Å². The molecule has 0 N–H and O–H groups in total. The fourth-order valence-corrected chi connectivity index (χ4v) is 3.47. The van der Waals surface area contributed by atoms with E-state index in [0.717, 1.165) is 28.5 Å². The van der Waals surface area contributed by atoms with Crippen LogP contribution in [0, 0.1) is 0 Å². The van der Waals surface area contributed by atoms with Gasteiger partial charge in [-0.05, 0) is 42.0 Å². The highest BCUT2D eigenvalue weighted by Gasteiger charge is 2.25. The maximum Gasteiger partial charge on any atom is 0.227 e. The van der Waals surface area contributed by atoms with Crippen molar-refractivity contribution in [1.29, 1.82) is 0 Å². The minimum atomic E-state index is 0.0671. The first-order chi connectivity index (χ1) is 13.1. The van der Waals surface area contributed by atoms with Crippen LogP contribution in [0.5, 0.6) is 5.75 Å². The van der Waals surface area contributed by atoms with E-state index in [-0.39, 0.29) is 5.91 Å². The van der Waals surface area contributed by atoms with Crippen LogP contribution in [-0.2, 0) is 24.3 Å². The predicted molar refractivity (Wildman–Crippen MR) is 103 cm³/mol. The van der Waals surface area contributed by atoms with Crippen molar-refractivity contribution >= 4 is 17.5 Å². The molecular formula is C20H19ClN4O2. The van der Waals surface area contributed by atoms with E-state index in [1.54, 1.807) is 13.2 Å². The third kappa shape index (κ3) is 3.66. The van der Waals surface area contributed by atoms with Crippen LogP contribution in [0.15, 0.2) is 48.5 Å². The highest BCUT2D eigenvalue weighted by molar-refractivity contribution is 6.30. The van der Waals surface area contributed by atoms with Gasteiger partial charge >= 0.3 is 0 Å². The summed E-state index contributed by atoms with van der Waals surface area (Å²) in [5.74, 6) is 2.48. The average Bonchev–Trinajstić information content (AvgIpc) is 3.11. The lowest BCUT2D eigenvalue weighted by Gasteiger charge is -2.28. The first kappa shape index (κ1) is 17.5. The van der Waals surface area contributed by atoms with Gasteiger partial charge in [0.25, 0.3) is 0 Å². The molecule has 0 aliphatic carbocycles. The molecule has 1 aliphatic heterocycles. The molecule has 0 fully saturated rings. The smallest absolute Gasteiger partial charge is 0.227 e. The first-order valence-corrected chi connectivity index (χ1v) is 9.10. The second-order valence-corrected chi connectivity index (χ2v) is 6.88. The number of ether oxygens (including phenoxy) is 1. The molecule has 7 heteroatoms. The number of rotatable bonds is 4. The molecule has 6 nitrogen and oxygen atoms in total. The number of benzene rings is 2. The number of hydrogen-bond donors (Lipinski definition) is 0. The molecule has 0 saturated carbocycles. The van der Waals surface area contributed by atoms with Gasteiger partial charge in [-0.15, -0.1) is 10.2 Å². The molecule has 3 aromatic rings. The van der Waals surface area contributed by atoms with Crippen LogP contribution in [0.1, 0.15) is 11.4 Å². The Labute approximate surface area is 162 Å². The summed E-state index contributed by atoms with van der Waals surface area (Å²) in [6.07, 6.45) is 0.333. The lowest BCUT2D eigenvalue weighted by Crippen LogP contribution is -2.39. The highest BCUT2D eigenvalue weighted by atomic mass is 35.5. The Balaban J connectivity index is 1.49. The number of halogens is 1. The Morgan fingerprint density at radius 3 is 2.70 bits per heavy atom. The van der Waals surface area contributed by atoms with Crippen molar-refractivity contribution in [2.75, 3.05) is 13.7 Å². The Bertz CT molecular complexity index is 968. The average molecular weight is 383 g/mol. The summed E-state index contributed by atoms with van der Waals surface area (Å²) in [6.45, 7) is 1.77. The third-order valence-corrected chi connectivity index (χ3v) is 4.93. The van der Waals surface area contributed by atoms with E-state index in [2.05, 4.69) is 14.8 Å². The quantitative estimate of drug-likeness (QED) is 0.695. The maximum atomic E-state index is 12.6. The minimum absolute atomic E-state index is 0.0671. The van der Waals surface area contributed by atoms with Crippen LogP contribution in [-0.4, -0.2) is 39.2 Å². The van der Waals surface area contributed by atoms with Crippen LogP contribution in [0.2, 0.25) is 5.02 Å². The van der Waals surface area contributed by atoms with E-state index >= 15 is 0 Å². The zero-order chi connectivity index (χ0) is 18.8. The molecule has 27 heavy (non-hydrogen) atoms. The van der Waals surface area contributed by atoms with E-state index in [1.807, 2.05) is 47.4 Å². The lowest BCUT2D eigenvalue weighted by molar-refractivity contribution is -0.132. The van der Waals surface area contributed by atoms with Gasteiger partial charge < -0.3 is 14.2 Å². The standard InChI is InChI=1S/C20H19ClN4O2/c1-27-17-7-5-15(6-8-17)20-23-22-18-13-24(9-10-25(18)20)19(26)12-14-3-2-4-16(21)11-14/h2-8,11H,9-10,12-13H2,1H3. The second kappa shape index (κ2) is 7.40. The van der Waals surface area contributed by atoms with Gasteiger partial charge in [0.15, 0.2) is 11.6 Å². The normalized spacial score (nSPS) is 13.3. The van der Waals surface area contributed by atoms with Gasteiger partial charge in [0.05, 0.1) is 20.1 Å². The van der Waals surface area contributed by atoms with Crippen LogP contribution in [0.3, 0.4) is 0 Å². The minimum Gasteiger partial charge on any atom is -0.497 e. The molecule has 1 aliphatic rings. The van der Waals surface area contributed by atoms with Crippen molar-refractivity contribution in [2.24, 2.45) is 0 Å². The Kier molecular flexibility index (Phi) is 4.81. The van der Waals surface area contributed by atoms with Crippen LogP contribution < -0.4 is 4.74 Å². The van der Waals surface area contributed by atoms with Gasteiger partial charge in [0, 0.05) is 23.7 Å². The topological polar surface area (TPSA) is 60.3 Å². The summed E-state index contributed by atoms with van der Waals surface area (Å²) in [6, 6.07) is 15.1. The molecule has 0 spiro atoms. The number of nitrogens with zero attached hydrogens (tertiary/aromatic N) is 4. The number of hydrogen-bond acceptors (Lipinski definition) is 4. The Morgan fingerprint density at radius 1 is 1.15 bits per heavy atom. The molecule has 0 radical (unpaired) electrons. The summed E-state index contributed by atoms with van der Waals surface area (Å²) in [4.78, 5) is 14.5. The molecule has 1 aromatic heterocycles. The number of aromatic nitrogens is 3. The molecule has 0 saturated heterocycles. The van der Waals surface area contributed by atoms with Crippen molar-refractivity contribution < 1.29 is 9.53 Å². The van der Waals surface area contributed by atoms with Crippen LogP contribution >= 0.6 is 11.6 Å². The second-order valence-electron chi connectivity index (χ2n) is 6.44.